The fourth-order valence-electron chi connectivity index (χ4n) is 0.498. The standard InChI is InChI=1S/C6H15NO3S2/c1-12(9,10)3-2-11-5-6(7)4-8/h6,8H,2-5,7H2,1H3. The van der Waals surface area contributed by atoms with Crippen molar-refractivity contribution in [3.63, 3.8) is 0 Å². The predicted molar refractivity (Wildman–Crippen MR) is 52.1 cm³/mol. The van der Waals surface area contributed by atoms with Gasteiger partial charge in [-0.1, -0.05) is 0 Å². The molecule has 0 heterocycles. The van der Waals surface area contributed by atoms with Crippen LogP contribution < -0.4 is 5.73 Å². The van der Waals surface area contributed by atoms with Crippen molar-refractivity contribution in [1.29, 1.82) is 0 Å². The Hall–Kier alpha value is 0.220. The van der Waals surface area contributed by atoms with E-state index in [1.165, 1.54) is 18.0 Å². The van der Waals surface area contributed by atoms with Gasteiger partial charge in [-0.2, -0.15) is 11.8 Å². The maximum absolute atomic E-state index is 10.7. The number of thioether (sulfide) groups is 1. The van der Waals surface area contributed by atoms with Crippen LogP contribution >= 0.6 is 11.8 Å². The van der Waals surface area contributed by atoms with Gasteiger partial charge in [0, 0.05) is 23.8 Å². The van der Waals surface area contributed by atoms with Crippen LogP contribution in [0.4, 0.5) is 0 Å². The molecule has 4 nitrogen and oxygen atoms in total. The van der Waals surface area contributed by atoms with Crippen molar-refractivity contribution in [3.05, 3.63) is 0 Å². The molecule has 0 radical (unpaired) electrons. The molecule has 0 aliphatic rings. The van der Waals surface area contributed by atoms with Crippen molar-refractivity contribution < 1.29 is 13.5 Å². The zero-order valence-corrected chi connectivity index (χ0v) is 8.70. The fourth-order valence-corrected chi connectivity index (χ4v) is 2.75. The maximum atomic E-state index is 10.7. The molecule has 1 atom stereocenters. The lowest BCUT2D eigenvalue weighted by atomic mass is 10.4. The summed E-state index contributed by atoms with van der Waals surface area (Å²) in [6.45, 7) is -0.0497. The summed E-state index contributed by atoms with van der Waals surface area (Å²) in [5, 5.41) is 8.54. The second-order valence-corrected chi connectivity index (χ2v) is 6.06. The summed E-state index contributed by atoms with van der Waals surface area (Å²) >= 11 is 1.45. The summed E-state index contributed by atoms with van der Waals surface area (Å²) in [6, 6.07) is -0.241. The van der Waals surface area contributed by atoms with Crippen LogP contribution in [0.5, 0.6) is 0 Å². The average molecular weight is 213 g/mol. The monoisotopic (exact) mass is 213 g/mol. The first-order valence-corrected chi connectivity index (χ1v) is 6.79. The van der Waals surface area contributed by atoms with Crippen LogP contribution in [-0.4, -0.2) is 49.7 Å². The molecule has 1 unspecified atom stereocenters. The van der Waals surface area contributed by atoms with Crippen LogP contribution in [0.25, 0.3) is 0 Å². The van der Waals surface area contributed by atoms with E-state index in [1.54, 1.807) is 0 Å². The van der Waals surface area contributed by atoms with Gasteiger partial charge in [-0.25, -0.2) is 8.42 Å². The van der Waals surface area contributed by atoms with E-state index in [4.69, 9.17) is 10.8 Å². The Labute approximate surface area is 77.4 Å². The van der Waals surface area contributed by atoms with Crippen molar-refractivity contribution >= 4 is 21.6 Å². The van der Waals surface area contributed by atoms with Crippen molar-refractivity contribution in [1.82, 2.24) is 0 Å². The molecule has 0 amide bonds. The zero-order chi connectivity index (χ0) is 9.61. The van der Waals surface area contributed by atoms with Gasteiger partial charge in [-0.15, -0.1) is 0 Å². The lowest BCUT2D eigenvalue weighted by Crippen LogP contribution is -2.27. The topological polar surface area (TPSA) is 80.4 Å². The Balaban J connectivity index is 3.34. The molecule has 0 aliphatic carbocycles. The first kappa shape index (κ1) is 12.2. The van der Waals surface area contributed by atoms with E-state index in [0.717, 1.165) is 0 Å². The minimum absolute atomic E-state index is 0.0497. The van der Waals surface area contributed by atoms with Crippen molar-refractivity contribution in [2.75, 3.05) is 30.1 Å². The minimum atomic E-state index is -2.85. The molecule has 0 saturated carbocycles. The average Bonchev–Trinajstić information content (AvgIpc) is 1.96. The van der Waals surface area contributed by atoms with Gasteiger partial charge in [0.1, 0.15) is 9.84 Å². The van der Waals surface area contributed by atoms with Crippen LogP contribution in [0.3, 0.4) is 0 Å². The minimum Gasteiger partial charge on any atom is -0.395 e. The molecule has 0 bridgehead atoms. The zero-order valence-electron chi connectivity index (χ0n) is 7.06. The van der Waals surface area contributed by atoms with Gasteiger partial charge in [0.05, 0.1) is 12.4 Å². The summed E-state index contributed by atoms with van der Waals surface area (Å²) in [4.78, 5) is 0. The molecule has 74 valence electrons. The lowest BCUT2D eigenvalue weighted by molar-refractivity contribution is 0.275. The number of aliphatic hydroxyl groups is 1. The highest BCUT2D eigenvalue weighted by Gasteiger charge is 2.03. The Morgan fingerprint density at radius 2 is 2.17 bits per heavy atom. The third kappa shape index (κ3) is 8.32. The molecular formula is C6H15NO3S2. The van der Waals surface area contributed by atoms with Gasteiger partial charge in [0.2, 0.25) is 0 Å². The van der Waals surface area contributed by atoms with E-state index in [9.17, 15) is 8.42 Å². The Kier molecular flexibility index (Phi) is 5.90. The van der Waals surface area contributed by atoms with E-state index < -0.39 is 9.84 Å². The highest BCUT2D eigenvalue weighted by molar-refractivity contribution is 8.00. The number of rotatable bonds is 6. The van der Waals surface area contributed by atoms with Gasteiger partial charge in [0.15, 0.2) is 0 Å². The quantitative estimate of drug-likeness (QED) is 0.558. The molecular weight excluding hydrogens is 198 g/mol. The molecule has 0 aromatic carbocycles. The lowest BCUT2D eigenvalue weighted by Gasteiger charge is -2.06. The predicted octanol–water partition coefficient (Wildman–Crippen LogP) is -0.916. The smallest absolute Gasteiger partial charge is 0.148 e. The molecule has 0 fully saturated rings. The molecule has 3 N–H and O–H groups in total. The highest BCUT2D eigenvalue weighted by Crippen LogP contribution is 2.02. The number of aliphatic hydroxyl groups excluding tert-OH is 1. The molecule has 0 aromatic rings. The molecule has 0 spiro atoms. The molecule has 0 saturated heterocycles. The number of hydrogen-bond acceptors (Lipinski definition) is 5. The van der Waals surface area contributed by atoms with Gasteiger partial charge >= 0.3 is 0 Å². The molecule has 0 rings (SSSR count). The Morgan fingerprint density at radius 3 is 2.58 bits per heavy atom. The summed E-state index contributed by atoms with van der Waals surface area (Å²) in [7, 11) is -2.85. The van der Waals surface area contributed by atoms with Gasteiger partial charge < -0.3 is 10.8 Å². The van der Waals surface area contributed by atoms with E-state index in [0.29, 0.717) is 11.5 Å². The van der Waals surface area contributed by atoms with Crippen LogP contribution in [-0.2, 0) is 9.84 Å². The number of sulfone groups is 1. The van der Waals surface area contributed by atoms with Crippen LogP contribution in [0.2, 0.25) is 0 Å². The van der Waals surface area contributed by atoms with E-state index in [1.807, 2.05) is 0 Å². The summed E-state index contributed by atoms with van der Waals surface area (Å²) in [6.07, 6.45) is 1.21. The first-order chi connectivity index (χ1) is 5.45. The largest absolute Gasteiger partial charge is 0.395 e. The second kappa shape index (κ2) is 5.80. The van der Waals surface area contributed by atoms with Gasteiger partial charge in [0.25, 0.3) is 0 Å². The summed E-state index contributed by atoms with van der Waals surface area (Å²) in [5.74, 6) is 1.33. The normalized spacial score (nSPS) is 14.6. The molecule has 0 aromatic heterocycles. The number of hydrogen-bond donors (Lipinski definition) is 2. The molecule has 12 heavy (non-hydrogen) atoms. The van der Waals surface area contributed by atoms with E-state index >= 15 is 0 Å². The van der Waals surface area contributed by atoms with Gasteiger partial charge in [-0.3, -0.25) is 0 Å². The third-order valence-electron chi connectivity index (χ3n) is 1.16. The van der Waals surface area contributed by atoms with Crippen molar-refractivity contribution in [2.24, 2.45) is 5.73 Å². The first-order valence-electron chi connectivity index (χ1n) is 3.57. The van der Waals surface area contributed by atoms with Gasteiger partial charge in [-0.05, 0) is 0 Å². The van der Waals surface area contributed by atoms with Crippen LogP contribution in [0.15, 0.2) is 0 Å². The molecule has 6 heteroatoms. The summed E-state index contributed by atoms with van der Waals surface area (Å²) in [5.41, 5.74) is 5.40. The Morgan fingerprint density at radius 1 is 1.58 bits per heavy atom. The van der Waals surface area contributed by atoms with Crippen LogP contribution in [0, 0.1) is 0 Å². The molecule has 0 aliphatic heterocycles. The third-order valence-corrected chi connectivity index (χ3v) is 3.53. The second-order valence-electron chi connectivity index (χ2n) is 2.65. The SMILES string of the molecule is CS(=O)(=O)CCSCC(N)CO. The highest BCUT2D eigenvalue weighted by atomic mass is 32.2. The van der Waals surface area contributed by atoms with E-state index in [2.05, 4.69) is 0 Å². The van der Waals surface area contributed by atoms with Crippen LogP contribution in [0.1, 0.15) is 0 Å². The van der Waals surface area contributed by atoms with Crippen molar-refractivity contribution in [3.8, 4) is 0 Å². The number of nitrogens with two attached hydrogens (primary N) is 1. The summed E-state index contributed by atoms with van der Waals surface area (Å²) < 4.78 is 21.3. The maximum Gasteiger partial charge on any atom is 0.148 e. The van der Waals surface area contributed by atoms with Crippen molar-refractivity contribution in [2.45, 2.75) is 6.04 Å². The Bertz CT molecular complexity index is 203. The fraction of sp³-hybridized carbons (Fsp3) is 1.00. The van der Waals surface area contributed by atoms with E-state index in [-0.39, 0.29) is 18.4 Å².